The highest BCUT2D eigenvalue weighted by Crippen LogP contribution is 2.23. The average Bonchev–Trinajstić information content (AvgIpc) is 2.46. The van der Waals surface area contributed by atoms with Gasteiger partial charge in [-0.2, -0.15) is 0 Å². The van der Waals surface area contributed by atoms with Crippen molar-refractivity contribution in [3.63, 3.8) is 0 Å². The summed E-state index contributed by atoms with van der Waals surface area (Å²) in [4.78, 5) is 14.5. The lowest BCUT2D eigenvalue weighted by Gasteiger charge is -2.39. The van der Waals surface area contributed by atoms with Gasteiger partial charge in [-0.3, -0.25) is 4.79 Å². The lowest BCUT2D eigenvalue weighted by molar-refractivity contribution is -0.142. The fourth-order valence-electron chi connectivity index (χ4n) is 2.94. The zero-order valence-electron chi connectivity index (χ0n) is 13.2. The predicted molar refractivity (Wildman–Crippen MR) is 84.2 cm³/mol. The molecule has 3 unspecified atom stereocenters. The monoisotopic (exact) mass is 290 g/mol. The maximum atomic E-state index is 12.6. The number of carbonyl (C=O) groups is 1. The minimum absolute atomic E-state index is 0.0406. The molecule has 1 amide bonds. The first-order valence-corrected chi connectivity index (χ1v) is 7.75. The van der Waals surface area contributed by atoms with E-state index in [1.165, 1.54) is 0 Å². The lowest BCUT2D eigenvalue weighted by Crippen LogP contribution is -2.52. The summed E-state index contributed by atoms with van der Waals surface area (Å²) in [7, 11) is 0. The summed E-state index contributed by atoms with van der Waals surface area (Å²) in [6.45, 7) is 7.35. The number of hydrogen-bond acceptors (Lipinski definition) is 3. The number of nitrogens with zero attached hydrogens (tertiary/aromatic N) is 1. The van der Waals surface area contributed by atoms with Crippen LogP contribution >= 0.6 is 0 Å². The lowest BCUT2D eigenvalue weighted by atomic mass is 9.92. The van der Waals surface area contributed by atoms with Crippen LogP contribution in [0.2, 0.25) is 0 Å². The van der Waals surface area contributed by atoms with E-state index >= 15 is 0 Å². The molecule has 1 saturated heterocycles. The summed E-state index contributed by atoms with van der Waals surface area (Å²) in [5.74, 6) is 1.42. The quantitative estimate of drug-likeness (QED) is 0.926. The van der Waals surface area contributed by atoms with Gasteiger partial charge < -0.3 is 15.4 Å². The number of likely N-dealkylation sites (tertiary alicyclic amines) is 1. The van der Waals surface area contributed by atoms with E-state index < -0.39 is 6.10 Å². The van der Waals surface area contributed by atoms with Crippen molar-refractivity contribution in [2.24, 2.45) is 11.7 Å². The van der Waals surface area contributed by atoms with Crippen LogP contribution in [0.15, 0.2) is 24.3 Å². The van der Waals surface area contributed by atoms with Crippen molar-refractivity contribution in [1.29, 1.82) is 0 Å². The van der Waals surface area contributed by atoms with Crippen LogP contribution in [0.4, 0.5) is 0 Å². The number of benzene rings is 1. The molecule has 1 aromatic carbocycles. The van der Waals surface area contributed by atoms with E-state index in [0.717, 1.165) is 30.7 Å². The van der Waals surface area contributed by atoms with Gasteiger partial charge in [-0.05, 0) is 50.3 Å². The number of piperidine rings is 1. The molecular weight excluding hydrogens is 264 g/mol. The Hall–Kier alpha value is -1.55. The summed E-state index contributed by atoms with van der Waals surface area (Å²) in [6, 6.07) is 7.92. The summed E-state index contributed by atoms with van der Waals surface area (Å²) >= 11 is 0. The second-order valence-corrected chi connectivity index (χ2v) is 6.13. The largest absolute Gasteiger partial charge is 0.481 e. The topological polar surface area (TPSA) is 55.6 Å². The van der Waals surface area contributed by atoms with Gasteiger partial charge in [0.05, 0.1) is 0 Å². The van der Waals surface area contributed by atoms with Gasteiger partial charge in [0, 0.05) is 19.1 Å². The van der Waals surface area contributed by atoms with E-state index in [1.807, 2.05) is 43.0 Å². The van der Waals surface area contributed by atoms with E-state index in [0.29, 0.717) is 12.5 Å². The van der Waals surface area contributed by atoms with Crippen LogP contribution in [-0.4, -0.2) is 36.0 Å². The van der Waals surface area contributed by atoms with Crippen molar-refractivity contribution >= 4 is 5.91 Å². The summed E-state index contributed by atoms with van der Waals surface area (Å²) in [5, 5.41) is 0. The average molecular weight is 290 g/mol. The Morgan fingerprint density at radius 3 is 2.95 bits per heavy atom. The molecule has 1 heterocycles. The first-order chi connectivity index (χ1) is 10.0. The minimum Gasteiger partial charge on any atom is -0.481 e. The molecule has 4 heteroatoms. The van der Waals surface area contributed by atoms with E-state index in [1.54, 1.807) is 0 Å². The van der Waals surface area contributed by atoms with Crippen LogP contribution in [-0.2, 0) is 4.79 Å². The van der Waals surface area contributed by atoms with E-state index in [4.69, 9.17) is 10.5 Å². The number of aryl methyl sites for hydroxylation is 1. The van der Waals surface area contributed by atoms with Gasteiger partial charge in [0.1, 0.15) is 5.75 Å². The van der Waals surface area contributed by atoms with Crippen molar-refractivity contribution in [3.05, 3.63) is 29.8 Å². The number of rotatable bonds is 4. The van der Waals surface area contributed by atoms with Gasteiger partial charge in [-0.15, -0.1) is 0 Å². The molecule has 2 N–H and O–H groups in total. The Morgan fingerprint density at radius 1 is 1.52 bits per heavy atom. The van der Waals surface area contributed by atoms with Crippen molar-refractivity contribution in [2.45, 2.75) is 45.8 Å². The zero-order valence-corrected chi connectivity index (χ0v) is 13.2. The summed E-state index contributed by atoms with van der Waals surface area (Å²) in [6.07, 6.45) is 1.55. The van der Waals surface area contributed by atoms with Crippen molar-refractivity contribution in [3.8, 4) is 5.75 Å². The third-order valence-electron chi connectivity index (χ3n) is 4.18. The van der Waals surface area contributed by atoms with Crippen LogP contribution in [0.3, 0.4) is 0 Å². The van der Waals surface area contributed by atoms with E-state index in [2.05, 4.69) is 6.92 Å². The summed E-state index contributed by atoms with van der Waals surface area (Å²) in [5.41, 5.74) is 6.96. The molecule has 0 radical (unpaired) electrons. The molecule has 21 heavy (non-hydrogen) atoms. The molecule has 2 rings (SSSR count). The molecule has 1 aromatic rings. The predicted octanol–water partition coefficient (Wildman–Crippen LogP) is 2.35. The van der Waals surface area contributed by atoms with Gasteiger partial charge in [-0.25, -0.2) is 0 Å². The molecule has 0 spiro atoms. The zero-order chi connectivity index (χ0) is 15.4. The highest BCUT2D eigenvalue weighted by atomic mass is 16.5. The highest BCUT2D eigenvalue weighted by molar-refractivity contribution is 5.81. The maximum absolute atomic E-state index is 12.6. The Labute approximate surface area is 127 Å². The third kappa shape index (κ3) is 3.97. The fraction of sp³-hybridized carbons (Fsp3) is 0.588. The van der Waals surface area contributed by atoms with Crippen molar-refractivity contribution < 1.29 is 9.53 Å². The number of ether oxygens (including phenoxy) is 1. The van der Waals surface area contributed by atoms with Crippen LogP contribution < -0.4 is 10.5 Å². The molecule has 0 aliphatic carbocycles. The second kappa shape index (κ2) is 6.94. The second-order valence-electron chi connectivity index (χ2n) is 6.13. The Kier molecular flexibility index (Phi) is 5.23. The molecule has 116 valence electrons. The Morgan fingerprint density at radius 2 is 2.29 bits per heavy atom. The van der Waals surface area contributed by atoms with E-state index in [9.17, 15) is 4.79 Å². The van der Waals surface area contributed by atoms with Crippen LogP contribution in [0.25, 0.3) is 0 Å². The number of carbonyl (C=O) groups excluding carboxylic acids is 1. The Bertz CT molecular complexity index is 489. The van der Waals surface area contributed by atoms with Gasteiger partial charge in [-0.1, -0.05) is 19.1 Å². The number of amides is 1. The minimum atomic E-state index is -0.478. The first kappa shape index (κ1) is 15.8. The van der Waals surface area contributed by atoms with Crippen LogP contribution in [0, 0.1) is 12.8 Å². The molecular formula is C17H26N2O2. The number of hydrogen-bond donors (Lipinski definition) is 1. The molecule has 1 aliphatic heterocycles. The van der Waals surface area contributed by atoms with Crippen molar-refractivity contribution in [2.75, 3.05) is 13.1 Å². The summed E-state index contributed by atoms with van der Waals surface area (Å²) < 4.78 is 5.80. The molecule has 4 nitrogen and oxygen atoms in total. The molecule has 3 atom stereocenters. The van der Waals surface area contributed by atoms with Gasteiger partial charge >= 0.3 is 0 Å². The fourth-order valence-corrected chi connectivity index (χ4v) is 2.94. The third-order valence-corrected chi connectivity index (χ3v) is 4.18. The van der Waals surface area contributed by atoms with Gasteiger partial charge in [0.2, 0.25) is 0 Å². The highest BCUT2D eigenvalue weighted by Gasteiger charge is 2.32. The van der Waals surface area contributed by atoms with Gasteiger partial charge in [0.25, 0.3) is 5.91 Å². The van der Waals surface area contributed by atoms with Crippen LogP contribution in [0.1, 0.15) is 32.3 Å². The SMILES string of the molecule is Cc1cccc(OC(C)C(=O)N2CCC(C)CC2CN)c1. The normalized spacial score (nSPS) is 23.7. The van der Waals surface area contributed by atoms with Crippen LogP contribution in [0.5, 0.6) is 5.75 Å². The molecule has 0 saturated carbocycles. The molecule has 1 fully saturated rings. The van der Waals surface area contributed by atoms with Gasteiger partial charge in [0.15, 0.2) is 6.10 Å². The standard InChI is InChI=1S/C17H26N2O2/c1-12-5-4-6-16(10-12)21-14(3)17(20)19-8-7-13(2)9-15(19)11-18/h4-6,10,13-15H,7-9,11,18H2,1-3H3. The van der Waals surface area contributed by atoms with E-state index in [-0.39, 0.29) is 11.9 Å². The molecule has 1 aliphatic rings. The first-order valence-electron chi connectivity index (χ1n) is 7.75. The maximum Gasteiger partial charge on any atom is 0.263 e. The Balaban J connectivity index is 2.01. The number of nitrogens with two attached hydrogens (primary N) is 1. The molecule has 0 bridgehead atoms. The van der Waals surface area contributed by atoms with Crippen molar-refractivity contribution in [1.82, 2.24) is 4.90 Å². The smallest absolute Gasteiger partial charge is 0.263 e. The molecule has 0 aromatic heterocycles.